The lowest BCUT2D eigenvalue weighted by Crippen LogP contribution is -2.37. The second-order valence-corrected chi connectivity index (χ2v) is 6.45. The summed E-state index contributed by atoms with van der Waals surface area (Å²) < 4.78 is 0. The lowest BCUT2D eigenvalue weighted by Gasteiger charge is -2.16. The van der Waals surface area contributed by atoms with Crippen LogP contribution in [-0.2, 0) is 16.0 Å². The van der Waals surface area contributed by atoms with Crippen LogP contribution in [0.25, 0.3) is 0 Å². The first-order valence-electron chi connectivity index (χ1n) is 8.68. The normalized spacial score (nSPS) is 15.2. The fraction of sp³-hybridized carbons (Fsp3) is 0.200. The van der Waals surface area contributed by atoms with Gasteiger partial charge >= 0.3 is 0 Å². The zero-order valence-corrected chi connectivity index (χ0v) is 14.7. The molecular formula is C20H17N3O4. The summed E-state index contributed by atoms with van der Waals surface area (Å²) in [5.41, 5.74) is 2.85. The minimum atomic E-state index is -0.471. The van der Waals surface area contributed by atoms with Gasteiger partial charge in [0.05, 0.1) is 17.5 Å². The fourth-order valence-electron chi connectivity index (χ4n) is 3.53. The average Bonchev–Trinajstić information content (AvgIpc) is 3.10. The number of fused-ring (bicyclic) bond motifs is 2. The van der Waals surface area contributed by atoms with Crippen molar-refractivity contribution in [1.82, 2.24) is 4.90 Å². The standard InChI is InChI=1S/C20H17N3O4/c1-2-22-16-8-7-13(9-12(16)10-18(22)25)21-17(24)11-23-19(26)14-5-3-4-6-15(14)20(23)27/h3-9H,2,10-11H2,1H3,(H,21,24). The number of nitrogens with one attached hydrogen (secondary N) is 1. The highest BCUT2D eigenvalue weighted by Crippen LogP contribution is 2.31. The maximum Gasteiger partial charge on any atom is 0.262 e. The van der Waals surface area contributed by atoms with Crippen molar-refractivity contribution < 1.29 is 19.2 Å². The number of carbonyl (C=O) groups is 4. The molecular weight excluding hydrogens is 346 g/mol. The molecule has 0 saturated heterocycles. The number of hydrogen-bond acceptors (Lipinski definition) is 4. The molecule has 0 radical (unpaired) electrons. The van der Waals surface area contributed by atoms with Crippen molar-refractivity contribution in [2.24, 2.45) is 0 Å². The summed E-state index contributed by atoms with van der Waals surface area (Å²) in [7, 11) is 0. The third kappa shape index (κ3) is 2.77. The predicted octanol–water partition coefficient (Wildman–Crippen LogP) is 1.83. The highest BCUT2D eigenvalue weighted by atomic mass is 16.2. The van der Waals surface area contributed by atoms with Gasteiger partial charge in [-0.05, 0) is 42.8 Å². The number of nitrogens with zero attached hydrogens (tertiary/aromatic N) is 2. The maximum absolute atomic E-state index is 12.4. The third-order valence-corrected chi connectivity index (χ3v) is 4.79. The van der Waals surface area contributed by atoms with E-state index in [0.717, 1.165) is 16.2 Å². The molecule has 2 aliphatic rings. The molecule has 4 amide bonds. The van der Waals surface area contributed by atoms with Crippen molar-refractivity contribution in [1.29, 1.82) is 0 Å². The van der Waals surface area contributed by atoms with Gasteiger partial charge in [-0.25, -0.2) is 0 Å². The van der Waals surface area contributed by atoms with Crippen molar-refractivity contribution in [3.63, 3.8) is 0 Å². The molecule has 0 aromatic heterocycles. The van der Waals surface area contributed by atoms with Crippen molar-refractivity contribution >= 4 is 35.0 Å². The third-order valence-electron chi connectivity index (χ3n) is 4.79. The molecule has 0 aliphatic carbocycles. The summed E-state index contributed by atoms with van der Waals surface area (Å²) in [4.78, 5) is 51.6. The van der Waals surface area contributed by atoms with E-state index in [-0.39, 0.29) is 12.5 Å². The Morgan fingerprint density at radius 2 is 1.67 bits per heavy atom. The molecule has 0 fully saturated rings. The minimum Gasteiger partial charge on any atom is -0.325 e. The highest BCUT2D eigenvalue weighted by Gasteiger charge is 2.36. The van der Waals surface area contributed by atoms with Crippen LogP contribution in [-0.4, -0.2) is 41.6 Å². The highest BCUT2D eigenvalue weighted by molar-refractivity contribution is 6.22. The summed E-state index contributed by atoms with van der Waals surface area (Å²) in [6.45, 7) is 2.14. The van der Waals surface area contributed by atoms with Crippen molar-refractivity contribution in [3.8, 4) is 0 Å². The zero-order chi connectivity index (χ0) is 19.1. The van der Waals surface area contributed by atoms with Gasteiger partial charge in [0.15, 0.2) is 0 Å². The molecule has 7 heteroatoms. The van der Waals surface area contributed by atoms with Gasteiger partial charge in [-0.1, -0.05) is 12.1 Å². The van der Waals surface area contributed by atoms with Crippen LogP contribution in [0.3, 0.4) is 0 Å². The molecule has 1 N–H and O–H groups in total. The van der Waals surface area contributed by atoms with Gasteiger partial charge in [0, 0.05) is 17.9 Å². The summed E-state index contributed by atoms with van der Waals surface area (Å²) in [5, 5.41) is 2.70. The van der Waals surface area contributed by atoms with E-state index in [9.17, 15) is 19.2 Å². The Balaban J connectivity index is 1.47. The van der Waals surface area contributed by atoms with Crippen LogP contribution in [0.5, 0.6) is 0 Å². The molecule has 136 valence electrons. The number of likely N-dealkylation sites (N-methyl/N-ethyl adjacent to an activating group) is 1. The molecule has 7 nitrogen and oxygen atoms in total. The van der Waals surface area contributed by atoms with Gasteiger partial charge in [-0.2, -0.15) is 0 Å². The molecule has 0 atom stereocenters. The Kier molecular flexibility index (Phi) is 3.99. The lowest BCUT2D eigenvalue weighted by atomic mass is 10.1. The number of rotatable bonds is 4. The van der Waals surface area contributed by atoms with Crippen LogP contribution < -0.4 is 10.2 Å². The number of hydrogen-bond donors (Lipinski definition) is 1. The fourth-order valence-corrected chi connectivity index (χ4v) is 3.53. The second-order valence-electron chi connectivity index (χ2n) is 6.45. The topological polar surface area (TPSA) is 86.8 Å². The van der Waals surface area contributed by atoms with Gasteiger partial charge in [0.2, 0.25) is 11.8 Å². The van der Waals surface area contributed by atoms with Crippen LogP contribution in [0.4, 0.5) is 11.4 Å². The number of imide groups is 1. The van der Waals surface area contributed by atoms with Crippen molar-refractivity contribution in [2.75, 3.05) is 23.3 Å². The molecule has 0 saturated carbocycles. The first kappa shape index (κ1) is 17.0. The van der Waals surface area contributed by atoms with Gasteiger partial charge in [-0.3, -0.25) is 24.1 Å². The van der Waals surface area contributed by atoms with Gasteiger partial charge < -0.3 is 10.2 Å². The van der Waals surface area contributed by atoms with Gasteiger partial charge in [0.25, 0.3) is 11.8 Å². The van der Waals surface area contributed by atoms with E-state index < -0.39 is 17.7 Å². The van der Waals surface area contributed by atoms with E-state index in [1.807, 2.05) is 6.92 Å². The molecule has 27 heavy (non-hydrogen) atoms. The summed E-state index contributed by atoms with van der Waals surface area (Å²) in [6, 6.07) is 11.8. The van der Waals surface area contributed by atoms with Crippen LogP contribution in [0.1, 0.15) is 33.2 Å². The molecule has 2 aromatic carbocycles. The summed E-state index contributed by atoms with van der Waals surface area (Å²) in [6.07, 6.45) is 0.297. The summed E-state index contributed by atoms with van der Waals surface area (Å²) >= 11 is 0. The van der Waals surface area contributed by atoms with Gasteiger partial charge in [-0.15, -0.1) is 0 Å². The average molecular weight is 363 g/mol. The van der Waals surface area contributed by atoms with Crippen molar-refractivity contribution in [3.05, 3.63) is 59.2 Å². The van der Waals surface area contributed by atoms with E-state index in [2.05, 4.69) is 5.32 Å². The first-order chi connectivity index (χ1) is 13.0. The lowest BCUT2D eigenvalue weighted by molar-refractivity contribution is -0.117. The predicted molar refractivity (Wildman–Crippen MR) is 98.6 cm³/mol. The van der Waals surface area contributed by atoms with E-state index in [1.54, 1.807) is 47.4 Å². The first-order valence-corrected chi connectivity index (χ1v) is 8.68. The number of benzene rings is 2. The van der Waals surface area contributed by atoms with Crippen LogP contribution >= 0.6 is 0 Å². The number of anilines is 2. The second kappa shape index (κ2) is 6.35. The molecule has 2 aliphatic heterocycles. The monoisotopic (exact) mass is 363 g/mol. The van der Waals surface area contributed by atoms with E-state index in [1.165, 1.54) is 0 Å². The maximum atomic E-state index is 12.4. The Hall–Kier alpha value is -3.48. The minimum absolute atomic E-state index is 0.0296. The van der Waals surface area contributed by atoms with E-state index in [0.29, 0.717) is 29.8 Å². The smallest absolute Gasteiger partial charge is 0.262 e. The largest absolute Gasteiger partial charge is 0.325 e. The van der Waals surface area contributed by atoms with Gasteiger partial charge in [0.1, 0.15) is 6.54 Å². The quantitative estimate of drug-likeness (QED) is 0.840. The van der Waals surface area contributed by atoms with Crippen molar-refractivity contribution in [2.45, 2.75) is 13.3 Å². The Bertz CT molecular complexity index is 963. The van der Waals surface area contributed by atoms with Crippen LogP contribution in [0.15, 0.2) is 42.5 Å². The SMILES string of the molecule is CCN1C(=O)Cc2cc(NC(=O)CN3C(=O)c4ccccc4C3=O)ccc21. The number of amides is 4. The zero-order valence-electron chi connectivity index (χ0n) is 14.7. The van der Waals surface area contributed by atoms with E-state index in [4.69, 9.17) is 0 Å². The summed E-state index contributed by atoms with van der Waals surface area (Å²) in [5.74, 6) is -1.38. The number of carbonyl (C=O) groups excluding carboxylic acids is 4. The Morgan fingerprint density at radius 3 is 2.30 bits per heavy atom. The van der Waals surface area contributed by atoms with Crippen LogP contribution in [0.2, 0.25) is 0 Å². The Morgan fingerprint density at radius 1 is 1.00 bits per heavy atom. The Labute approximate surface area is 155 Å². The molecule has 0 spiro atoms. The molecule has 4 rings (SSSR count). The van der Waals surface area contributed by atoms with E-state index >= 15 is 0 Å². The van der Waals surface area contributed by atoms with Crippen LogP contribution in [0, 0.1) is 0 Å². The molecule has 0 unspecified atom stereocenters. The molecule has 2 aromatic rings. The molecule has 2 heterocycles. The molecule has 0 bridgehead atoms.